The van der Waals surface area contributed by atoms with Crippen molar-refractivity contribution in [3.05, 3.63) is 66.3 Å². The van der Waals surface area contributed by atoms with Gasteiger partial charge in [-0.25, -0.2) is 15.0 Å². The quantitative estimate of drug-likeness (QED) is 0.468. The minimum absolute atomic E-state index is 0.636. The molecule has 8 nitrogen and oxygen atoms in total. The molecule has 3 aromatic heterocycles. The van der Waals surface area contributed by atoms with Crippen LogP contribution in [0, 0.1) is 0 Å². The fraction of sp³-hybridized carbons (Fsp3) is 0.269. The van der Waals surface area contributed by atoms with Crippen molar-refractivity contribution < 1.29 is 14.2 Å². The van der Waals surface area contributed by atoms with Crippen LogP contribution in [0.2, 0.25) is 0 Å². The molecule has 0 bridgehead atoms. The standard InChI is InChI=1S/C26H25N5O3/c1-32-23-14-20(4-5-21(23)17-6-11-33-12-7-17)29-24-25-27-8-9-31(25)16-22(30-24)19-13-18-3-2-10-34-26(18)28-15-19/h4-6,8-9,13-16H,2-3,7,10-12H2,1H3,(H,29,30). The molecule has 0 unspecified atom stereocenters. The van der Waals surface area contributed by atoms with Crippen molar-refractivity contribution in [1.29, 1.82) is 0 Å². The molecular weight excluding hydrogens is 430 g/mol. The normalized spacial score (nSPS) is 15.4. The van der Waals surface area contributed by atoms with Crippen LogP contribution in [-0.2, 0) is 11.2 Å². The summed E-state index contributed by atoms with van der Waals surface area (Å²) in [5, 5.41) is 3.45. The third kappa shape index (κ3) is 3.86. The van der Waals surface area contributed by atoms with E-state index in [9.17, 15) is 0 Å². The Balaban J connectivity index is 1.36. The van der Waals surface area contributed by atoms with Gasteiger partial charge in [0.1, 0.15) is 5.75 Å². The summed E-state index contributed by atoms with van der Waals surface area (Å²) in [5.74, 6) is 2.20. The number of imidazole rings is 1. The average molecular weight is 456 g/mol. The molecule has 0 saturated heterocycles. The highest BCUT2D eigenvalue weighted by Gasteiger charge is 2.17. The number of hydrogen-bond acceptors (Lipinski definition) is 7. The van der Waals surface area contributed by atoms with Gasteiger partial charge in [-0.3, -0.25) is 0 Å². The van der Waals surface area contributed by atoms with Gasteiger partial charge < -0.3 is 23.9 Å². The fourth-order valence-electron chi connectivity index (χ4n) is 4.48. The smallest absolute Gasteiger partial charge is 0.216 e. The number of aromatic nitrogens is 4. The zero-order valence-electron chi connectivity index (χ0n) is 19.0. The minimum atomic E-state index is 0.636. The molecule has 34 heavy (non-hydrogen) atoms. The number of anilines is 2. The van der Waals surface area contributed by atoms with Gasteiger partial charge in [0.05, 0.1) is 32.6 Å². The molecule has 2 aliphatic heterocycles. The maximum atomic E-state index is 5.71. The van der Waals surface area contributed by atoms with Crippen LogP contribution in [0.25, 0.3) is 22.5 Å². The summed E-state index contributed by atoms with van der Waals surface area (Å²) in [6.07, 6.45) is 12.4. The molecule has 1 aromatic carbocycles. The van der Waals surface area contributed by atoms with E-state index in [1.807, 2.05) is 35.1 Å². The molecule has 1 N–H and O–H groups in total. The number of nitrogens with one attached hydrogen (secondary N) is 1. The van der Waals surface area contributed by atoms with Crippen LogP contribution in [0.5, 0.6) is 11.6 Å². The Bertz CT molecular complexity index is 1390. The van der Waals surface area contributed by atoms with E-state index in [-0.39, 0.29) is 0 Å². The highest BCUT2D eigenvalue weighted by molar-refractivity contribution is 5.77. The van der Waals surface area contributed by atoms with Gasteiger partial charge in [0.15, 0.2) is 11.5 Å². The monoisotopic (exact) mass is 455 g/mol. The van der Waals surface area contributed by atoms with Crippen LogP contribution < -0.4 is 14.8 Å². The second kappa shape index (κ2) is 8.79. The molecule has 0 radical (unpaired) electrons. The number of pyridine rings is 1. The first-order valence-corrected chi connectivity index (χ1v) is 11.5. The van der Waals surface area contributed by atoms with Gasteiger partial charge >= 0.3 is 0 Å². The SMILES string of the molecule is COc1cc(Nc2nc(-c3cnc4c(c3)CCCO4)cn3ccnc23)ccc1C1=CCOCC1. The zero-order chi connectivity index (χ0) is 22.9. The lowest BCUT2D eigenvalue weighted by atomic mass is 10.00. The molecule has 0 amide bonds. The van der Waals surface area contributed by atoms with Gasteiger partial charge in [0.25, 0.3) is 0 Å². The Labute approximate surface area is 197 Å². The van der Waals surface area contributed by atoms with Crippen molar-refractivity contribution in [3.63, 3.8) is 0 Å². The molecule has 0 spiro atoms. The summed E-state index contributed by atoms with van der Waals surface area (Å²) < 4.78 is 18.8. The van der Waals surface area contributed by atoms with Gasteiger partial charge in [0, 0.05) is 53.2 Å². The number of methoxy groups -OCH3 is 1. The third-order valence-electron chi connectivity index (χ3n) is 6.20. The fourth-order valence-corrected chi connectivity index (χ4v) is 4.48. The van der Waals surface area contributed by atoms with Gasteiger partial charge in [-0.1, -0.05) is 6.08 Å². The maximum Gasteiger partial charge on any atom is 0.216 e. The number of nitrogens with zero attached hydrogens (tertiary/aromatic N) is 4. The van der Waals surface area contributed by atoms with E-state index in [1.54, 1.807) is 13.3 Å². The molecule has 0 aliphatic carbocycles. The van der Waals surface area contributed by atoms with E-state index in [0.717, 1.165) is 77.8 Å². The number of ether oxygens (including phenoxy) is 3. The van der Waals surface area contributed by atoms with Gasteiger partial charge in [0.2, 0.25) is 5.88 Å². The first kappa shape index (κ1) is 20.7. The maximum absolute atomic E-state index is 5.71. The highest BCUT2D eigenvalue weighted by Crippen LogP contribution is 2.34. The topological polar surface area (TPSA) is 82.8 Å². The number of benzene rings is 1. The van der Waals surface area contributed by atoms with Crippen LogP contribution in [0.1, 0.15) is 24.0 Å². The molecule has 172 valence electrons. The van der Waals surface area contributed by atoms with Gasteiger partial charge in [-0.2, -0.15) is 0 Å². The van der Waals surface area contributed by atoms with Crippen LogP contribution in [0.15, 0.2) is 55.1 Å². The molecule has 6 rings (SSSR count). The minimum Gasteiger partial charge on any atom is -0.496 e. The predicted octanol–water partition coefficient (Wildman–Crippen LogP) is 4.67. The molecule has 0 saturated carbocycles. The van der Waals surface area contributed by atoms with Crippen molar-refractivity contribution >= 4 is 22.7 Å². The summed E-state index contributed by atoms with van der Waals surface area (Å²) in [4.78, 5) is 13.9. The van der Waals surface area contributed by atoms with E-state index >= 15 is 0 Å². The second-order valence-electron chi connectivity index (χ2n) is 8.37. The summed E-state index contributed by atoms with van der Waals surface area (Å²) in [5.41, 5.74) is 6.83. The van der Waals surface area contributed by atoms with E-state index < -0.39 is 0 Å². The van der Waals surface area contributed by atoms with Crippen LogP contribution >= 0.6 is 0 Å². The molecule has 8 heteroatoms. The Morgan fingerprint density at radius 2 is 2.09 bits per heavy atom. The summed E-state index contributed by atoms with van der Waals surface area (Å²) >= 11 is 0. The number of aryl methyl sites for hydroxylation is 1. The predicted molar refractivity (Wildman–Crippen MR) is 130 cm³/mol. The molecule has 4 aromatic rings. The van der Waals surface area contributed by atoms with E-state index in [0.29, 0.717) is 12.4 Å². The Kier molecular flexibility index (Phi) is 5.35. The van der Waals surface area contributed by atoms with Crippen LogP contribution in [0.4, 0.5) is 11.5 Å². The zero-order valence-corrected chi connectivity index (χ0v) is 19.0. The lowest BCUT2D eigenvalue weighted by molar-refractivity contribution is 0.161. The third-order valence-corrected chi connectivity index (χ3v) is 6.20. The highest BCUT2D eigenvalue weighted by atomic mass is 16.5. The molecule has 2 aliphatic rings. The number of rotatable bonds is 5. The summed E-state index contributed by atoms with van der Waals surface area (Å²) in [6, 6.07) is 8.24. The van der Waals surface area contributed by atoms with Gasteiger partial charge in [-0.15, -0.1) is 0 Å². The van der Waals surface area contributed by atoms with Crippen molar-refractivity contribution in [3.8, 4) is 22.9 Å². The summed E-state index contributed by atoms with van der Waals surface area (Å²) in [6.45, 7) is 2.09. The Morgan fingerprint density at radius 1 is 1.12 bits per heavy atom. The molecular formula is C26H25N5O3. The van der Waals surface area contributed by atoms with Crippen molar-refractivity contribution in [2.24, 2.45) is 0 Å². The first-order chi connectivity index (χ1) is 16.8. The second-order valence-corrected chi connectivity index (χ2v) is 8.37. The van der Waals surface area contributed by atoms with Crippen molar-refractivity contribution in [1.82, 2.24) is 19.4 Å². The van der Waals surface area contributed by atoms with E-state index in [4.69, 9.17) is 19.2 Å². The van der Waals surface area contributed by atoms with E-state index in [2.05, 4.69) is 33.5 Å². The largest absolute Gasteiger partial charge is 0.496 e. The van der Waals surface area contributed by atoms with Crippen molar-refractivity contribution in [2.75, 3.05) is 32.2 Å². The number of hydrogen-bond donors (Lipinski definition) is 1. The molecule has 5 heterocycles. The van der Waals surface area contributed by atoms with Crippen LogP contribution in [-0.4, -0.2) is 46.3 Å². The molecule has 0 atom stereocenters. The van der Waals surface area contributed by atoms with Crippen molar-refractivity contribution in [2.45, 2.75) is 19.3 Å². The lowest BCUT2D eigenvalue weighted by Gasteiger charge is -2.18. The molecule has 0 fully saturated rings. The van der Waals surface area contributed by atoms with E-state index in [1.165, 1.54) is 5.57 Å². The summed E-state index contributed by atoms with van der Waals surface area (Å²) in [7, 11) is 1.70. The number of fused-ring (bicyclic) bond motifs is 2. The van der Waals surface area contributed by atoms with Crippen LogP contribution in [0.3, 0.4) is 0 Å². The Morgan fingerprint density at radius 3 is 2.97 bits per heavy atom. The lowest BCUT2D eigenvalue weighted by Crippen LogP contribution is -2.10. The average Bonchev–Trinajstić information content (AvgIpc) is 3.38. The first-order valence-electron chi connectivity index (χ1n) is 11.5. The Hall–Kier alpha value is -3.91. The van der Waals surface area contributed by atoms with Gasteiger partial charge in [-0.05, 0) is 43.0 Å².